The van der Waals surface area contributed by atoms with Crippen molar-refractivity contribution in [2.75, 3.05) is 11.4 Å². The molecule has 0 atom stereocenters. The van der Waals surface area contributed by atoms with E-state index < -0.39 is 0 Å². The minimum atomic E-state index is -0.282. The number of nitrogens with zero attached hydrogens (tertiary/aromatic N) is 3. The van der Waals surface area contributed by atoms with Crippen LogP contribution in [0.2, 0.25) is 0 Å². The average Bonchev–Trinajstić information content (AvgIpc) is 2.78. The van der Waals surface area contributed by atoms with Crippen LogP contribution in [0.15, 0.2) is 65.6 Å². The molecule has 0 amide bonds. The monoisotopic (exact) mass is 398 g/mol. The maximum atomic E-state index is 13.1. The van der Waals surface area contributed by atoms with Crippen LogP contribution in [0.3, 0.4) is 0 Å². The summed E-state index contributed by atoms with van der Waals surface area (Å²) in [6.45, 7) is 1.49. The lowest BCUT2D eigenvalue weighted by atomic mass is 10.0. The standard InChI is InChI=1S/C24H19FN4O/c25-20-9-6-16(7-10-20)5-8-18-11-13-26-22-21(18)23(30)28-24(27-22)29-14-12-17-3-1-2-4-19(17)15-29/h1-11,13H,12,14-15H2,(H,26,27,28,30)/b8-5+. The van der Waals surface area contributed by atoms with Crippen molar-refractivity contribution in [2.45, 2.75) is 13.0 Å². The number of nitrogens with one attached hydrogen (secondary N) is 1. The highest BCUT2D eigenvalue weighted by atomic mass is 19.1. The molecule has 1 aliphatic rings. The molecule has 2 aromatic carbocycles. The molecule has 5 nitrogen and oxygen atoms in total. The van der Waals surface area contributed by atoms with Gasteiger partial charge in [0.2, 0.25) is 5.95 Å². The highest BCUT2D eigenvalue weighted by Crippen LogP contribution is 2.23. The number of pyridine rings is 1. The van der Waals surface area contributed by atoms with Gasteiger partial charge in [-0.05, 0) is 46.9 Å². The van der Waals surface area contributed by atoms with Crippen LogP contribution < -0.4 is 10.5 Å². The highest BCUT2D eigenvalue weighted by molar-refractivity contribution is 5.88. The number of anilines is 1. The van der Waals surface area contributed by atoms with Crippen molar-refractivity contribution < 1.29 is 4.39 Å². The van der Waals surface area contributed by atoms with Crippen LogP contribution in [0.4, 0.5) is 10.3 Å². The Balaban J connectivity index is 1.50. The van der Waals surface area contributed by atoms with Crippen LogP contribution in [0, 0.1) is 5.82 Å². The molecule has 0 fully saturated rings. The van der Waals surface area contributed by atoms with Gasteiger partial charge in [-0.15, -0.1) is 0 Å². The smallest absolute Gasteiger partial charge is 0.262 e. The van der Waals surface area contributed by atoms with Crippen molar-refractivity contribution >= 4 is 29.1 Å². The normalized spacial score (nSPS) is 13.7. The summed E-state index contributed by atoms with van der Waals surface area (Å²) in [5, 5.41) is 0.442. The molecule has 0 bridgehead atoms. The molecule has 5 rings (SSSR count). The molecule has 0 saturated carbocycles. The molecule has 1 N–H and O–H groups in total. The third-order valence-electron chi connectivity index (χ3n) is 5.38. The van der Waals surface area contributed by atoms with E-state index in [-0.39, 0.29) is 11.4 Å². The Bertz CT molecular complexity index is 1310. The van der Waals surface area contributed by atoms with Crippen LogP contribution >= 0.6 is 0 Å². The van der Waals surface area contributed by atoms with Gasteiger partial charge in [0.1, 0.15) is 5.82 Å². The third kappa shape index (κ3) is 3.48. The van der Waals surface area contributed by atoms with Gasteiger partial charge >= 0.3 is 0 Å². The summed E-state index contributed by atoms with van der Waals surface area (Å²) in [6, 6.07) is 16.3. The molecule has 3 heterocycles. The van der Waals surface area contributed by atoms with Gasteiger partial charge in [-0.1, -0.05) is 48.6 Å². The largest absolute Gasteiger partial charge is 0.338 e. The van der Waals surface area contributed by atoms with E-state index in [0.29, 0.717) is 29.1 Å². The fourth-order valence-corrected chi connectivity index (χ4v) is 3.80. The Morgan fingerprint density at radius 2 is 1.80 bits per heavy atom. The highest BCUT2D eigenvalue weighted by Gasteiger charge is 2.19. The van der Waals surface area contributed by atoms with Gasteiger partial charge in [-0.25, -0.2) is 9.37 Å². The summed E-state index contributed by atoms with van der Waals surface area (Å²) in [4.78, 5) is 26.9. The minimum Gasteiger partial charge on any atom is -0.338 e. The zero-order chi connectivity index (χ0) is 20.5. The van der Waals surface area contributed by atoms with Crippen molar-refractivity contribution in [3.63, 3.8) is 0 Å². The first-order valence-electron chi connectivity index (χ1n) is 9.82. The molecule has 0 saturated heterocycles. The summed E-state index contributed by atoms with van der Waals surface area (Å²) in [5.41, 5.74) is 4.33. The second-order valence-corrected chi connectivity index (χ2v) is 7.31. The van der Waals surface area contributed by atoms with E-state index in [0.717, 1.165) is 18.5 Å². The molecule has 0 unspecified atom stereocenters. The number of hydrogen-bond donors (Lipinski definition) is 1. The van der Waals surface area contributed by atoms with E-state index in [1.165, 1.54) is 23.3 Å². The van der Waals surface area contributed by atoms with E-state index in [9.17, 15) is 9.18 Å². The quantitative estimate of drug-likeness (QED) is 0.562. The molecule has 1 aliphatic heterocycles. The zero-order valence-electron chi connectivity index (χ0n) is 16.2. The summed E-state index contributed by atoms with van der Waals surface area (Å²) in [5.74, 6) is 0.254. The molecule has 6 heteroatoms. The summed E-state index contributed by atoms with van der Waals surface area (Å²) in [6.07, 6.45) is 6.22. The number of aromatic nitrogens is 3. The van der Waals surface area contributed by atoms with Gasteiger partial charge in [0.15, 0.2) is 5.65 Å². The lowest BCUT2D eigenvalue weighted by molar-refractivity contribution is 0.628. The van der Waals surface area contributed by atoms with Crippen molar-refractivity contribution in [1.29, 1.82) is 0 Å². The van der Waals surface area contributed by atoms with Crippen LogP contribution in [-0.4, -0.2) is 21.5 Å². The SMILES string of the molecule is O=c1[nH]c(N2CCc3ccccc3C2)nc2nccc(/C=C/c3ccc(F)cc3)c12. The Kier molecular flexibility index (Phi) is 4.59. The van der Waals surface area contributed by atoms with E-state index in [1.54, 1.807) is 24.4 Å². The van der Waals surface area contributed by atoms with Gasteiger partial charge in [0.05, 0.1) is 5.39 Å². The lowest BCUT2D eigenvalue weighted by Crippen LogP contribution is -2.33. The fraction of sp³-hybridized carbons (Fsp3) is 0.125. The Labute approximate surface area is 172 Å². The Morgan fingerprint density at radius 1 is 1.00 bits per heavy atom. The van der Waals surface area contributed by atoms with Crippen molar-refractivity contribution in [1.82, 2.24) is 15.0 Å². The fourth-order valence-electron chi connectivity index (χ4n) is 3.80. The van der Waals surface area contributed by atoms with Gasteiger partial charge in [-0.3, -0.25) is 9.78 Å². The van der Waals surface area contributed by atoms with Crippen molar-refractivity contribution in [3.05, 3.63) is 99.2 Å². The number of aromatic amines is 1. The summed E-state index contributed by atoms with van der Waals surface area (Å²) in [7, 11) is 0. The second-order valence-electron chi connectivity index (χ2n) is 7.31. The first-order valence-corrected chi connectivity index (χ1v) is 9.82. The Hall–Kier alpha value is -3.80. The topological polar surface area (TPSA) is 61.9 Å². The van der Waals surface area contributed by atoms with Crippen LogP contribution in [0.1, 0.15) is 22.3 Å². The molecule has 0 spiro atoms. The molecular weight excluding hydrogens is 379 g/mol. The van der Waals surface area contributed by atoms with Crippen LogP contribution in [-0.2, 0) is 13.0 Å². The van der Waals surface area contributed by atoms with E-state index in [2.05, 4.69) is 38.1 Å². The Morgan fingerprint density at radius 3 is 2.63 bits per heavy atom. The van der Waals surface area contributed by atoms with E-state index in [1.807, 2.05) is 18.2 Å². The van der Waals surface area contributed by atoms with Gasteiger partial charge in [0, 0.05) is 19.3 Å². The maximum Gasteiger partial charge on any atom is 0.262 e. The van der Waals surface area contributed by atoms with Crippen LogP contribution in [0.5, 0.6) is 0 Å². The van der Waals surface area contributed by atoms with E-state index >= 15 is 0 Å². The molecule has 148 valence electrons. The predicted octanol–water partition coefficient (Wildman–Crippen LogP) is 4.19. The predicted molar refractivity (Wildman–Crippen MR) is 117 cm³/mol. The van der Waals surface area contributed by atoms with Crippen molar-refractivity contribution in [3.8, 4) is 0 Å². The van der Waals surface area contributed by atoms with Gasteiger partial charge in [-0.2, -0.15) is 4.98 Å². The lowest BCUT2D eigenvalue weighted by Gasteiger charge is -2.29. The molecule has 2 aromatic heterocycles. The number of hydrogen-bond acceptors (Lipinski definition) is 4. The maximum absolute atomic E-state index is 13.1. The third-order valence-corrected chi connectivity index (χ3v) is 5.38. The number of fused-ring (bicyclic) bond motifs is 2. The van der Waals surface area contributed by atoms with Crippen LogP contribution in [0.25, 0.3) is 23.2 Å². The number of benzene rings is 2. The van der Waals surface area contributed by atoms with Gasteiger partial charge < -0.3 is 4.90 Å². The average molecular weight is 398 g/mol. The molecule has 4 aromatic rings. The molecule has 30 heavy (non-hydrogen) atoms. The number of halogens is 1. The van der Waals surface area contributed by atoms with E-state index in [4.69, 9.17) is 0 Å². The second kappa shape index (κ2) is 7.55. The van der Waals surface area contributed by atoms with Crippen molar-refractivity contribution in [2.24, 2.45) is 0 Å². The first-order chi connectivity index (χ1) is 14.7. The minimum absolute atomic E-state index is 0.222. The number of rotatable bonds is 3. The molecule has 0 radical (unpaired) electrons. The molecular formula is C24H19FN4O. The summed E-state index contributed by atoms with van der Waals surface area (Å²) < 4.78 is 13.1. The number of H-pyrrole nitrogens is 1. The zero-order valence-corrected chi connectivity index (χ0v) is 16.2. The van der Waals surface area contributed by atoms with Gasteiger partial charge in [0.25, 0.3) is 5.56 Å². The molecule has 0 aliphatic carbocycles. The first kappa shape index (κ1) is 18.2. The summed E-state index contributed by atoms with van der Waals surface area (Å²) >= 11 is 0.